The van der Waals surface area contributed by atoms with Crippen molar-refractivity contribution in [1.29, 1.82) is 0 Å². The van der Waals surface area contributed by atoms with E-state index < -0.39 is 6.10 Å². The number of hydrogen-bond donors (Lipinski definition) is 1. The predicted octanol–water partition coefficient (Wildman–Crippen LogP) is 2.25. The third-order valence-corrected chi connectivity index (χ3v) is 3.59. The summed E-state index contributed by atoms with van der Waals surface area (Å²) in [5.41, 5.74) is 0.866. The third-order valence-electron chi connectivity index (χ3n) is 2.45. The van der Waals surface area contributed by atoms with E-state index in [4.69, 9.17) is 0 Å². The summed E-state index contributed by atoms with van der Waals surface area (Å²) in [4.78, 5) is 0.829. The zero-order chi connectivity index (χ0) is 13.0. The molecule has 0 aliphatic carbocycles. The first-order chi connectivity index (χ1) is 8.63. The Balaban J connectivity index is 1.83. The summed E-state index contributed by atoms with van der Waals surface area (Å²) in [6.45, 7) is 0. The van der Waals surface area contributed by atoms with Gasteiger partial charge in [-0.2, -0.15) is 5.10 Å². The second-order valence-corrected chi connectivity index (χ2v) is 5.20. The molecule has 18 heavy (non-hydrogen) atoms. The van der Waals surface area contributed by atoms with Crippen molar-refractivity contribution in [2.24, 2.45) is 7.05 Å². The number of aromatic nitrogens is 2. The van der Waals surface area contributed by atoms with Gasteiger partial charge in [-0.1, -0.05) is 6.07 Å². The minimum absolute atomic E-state index is 0.251. The van der Waals surface area contributed by atoms with E-state index in [1.54, 1.807) is 10.7 Å². The molecular weight excluding hydrogens is 251 g/mol. The molecule has 1 unspecified atom stereocenters. The van der Waals surface area contributed by atoms with Gasteiger partial charge in [0.15, 0.2) is 0 Å². The first kappa shape index (κ1) is 13.1. The lowest BCUT2D eigenvalue weighted by Crippen LogP contribution is -2.14. The Hall–Kier alpha value is -1.33. The summed E-state index contributed by atoms with van der Waals surface area (Å²) >= 11 is 1.44. The third kappa shape index (κ3) is 3.85. The van der Waals surface area contributed by atoms with E-state index >= 15 is 0 Å². The van der Waals surface area contributed by atoms with E-state index in [0.717, 1.165) is 10.6 Å². The molecule has 2 rings (SSSR count). The van der Waals surface area contributed by atoms with Crippen molar-refractivity contribution in [3.05, 3.63) is 48.0 Å². The van der Waals surface area contributed by atoms with Gasteiger partial charge in [-0.15, -0.1) is 11.8 Å². The van der Waals surface area contributed by atoms with Crippen molar-refractivity contribution in [2.75, 3.05) is 5.75 Å². The quantitative estimate of drug-likeness (QED) is 0.844. The molecule has 0 bridgehead atoms. The number of thioether (sulfide) groups is 1. The fourth-order valence-corrected chi connectivity index (χ4v) is 2.49. The highest BCUT2D eigenvalue weighted by Gasteiger charge is 2.08. The molecule has 0 fully saturated rings. The highest BCUT2D eigenvalue weighted by molar-refractivity contribution is 7.99. The number of nitrogens with zero attached hydrogens (tertiary/aromatic N) is 2. The van der Waals surface area contributed by atoms with Crippen LogP contribution in [0, 0.1) is 5.82 Å². The lowest BCUT2D eigenvalue weighted by atomic mass is 10.2. The maximum Gasteiger partial charge on any atom is 0.124 e. The summed E-state index contributed by atoms with van der Waals surface area (Å²) in [5.74, 6) is 0.277. The van der Waals surface area contributed by atoms with E-state index in [1.165, 1.54) is 23.9 Å². The van der Waals surface area contributed by atoms with Crippen molar-refractivity contribution in [3.63, 3.8) is 0 Å². The standard InChI is InChI=1S/C13H15FN2OS/c1-16-6-5-11(15-16)8-12(17)9-18-13-4-2-3-10(14)7-13/h2-7,12,17H,8-9H2,1H3. The van der Waals surface area contributed by atoms with Crippen LogP contribution in [0.4, 0.5) is 4.39 Å². The summed E-state index contributed by atoms with van der Waals surface area (Å²) in [7, 11) is 1.84. The minimum atomic E-state index is -0.479. The Morgan fingerprint density at radius 3 is 2.94 bits per heavy atom. The Labute approximate surface area is 110 Å². The van der Waals surface area contributed by atoms with Crippen LogP contribution in [0.5, 0.6) is 0 Å². The molecule has 0 amide bonds. The topological polar surface area (TPSA) is 38.0 Å². The van der Waals surface area contributed by atoms with E-state index in [9.17, 15) is 9.50 Å². The van der Waals surface area contributed by atoms with E-state index in [2.05, 4.69) is 5.10 Å². The van der Waals surface area contributed by atoms with Gasteiger partial charge in [0.2, 0.25) is 0 Å². The van der Waals surface area contributed by atoms with Gasteiger partial charge in [0.25, 0.3) is 0 Å². The van der Waals surface area contributed by atoms with Crippen LogP contribution in [-0.2, 0) is 13.5 Å². The van der Waals surface area contributed by atoms with Crippen LogP contribution < -0.4 is 0 Å². The lowest BCUT2D eigenvalue weighted by Gasteiger charge is -2.08. The molecule has 1 N–H and O–H groups in total. The van der Waals surface area contributed by atoms with E-state index in [-0.39, 0.29) is 5.82 Å². The van der Waals surface area contributed by atoms with Crippen molar-refractivity contribution in [1.82, 2.24) is 9.78 Å². The molecule has 1 heterocycles. The number of benzene rings is 1. The van der Waals surface area contributed by atoms with E-state index in [1.807, 2.05) is 25.4 Å². The summed E-state index contributed by atoms with van der Waals surface area (Å²) in [5, 5.41) is 14.1. The number of hydrogen-bond acceptors (Lipinski definition) is 3. The molecule has 0 saturated carbocycles. The van der Waals surface area contributed by atoms with Gasteiger partial charge in [-0.25, -0.2) is 4.39 Å². The maximum atomic E-state index is 13.0. The predicted molar refractivity (Wildman–Crippen MR) is 70.0 cm³/mol. The second-order valence-electron chi connectivity index (χ2n) is 4.11. The molecule has 96 valence electrons. The van der Waals surface area contributed by atoms with Crippen LogP contribution in [0.15, 0.2) is 41.4 Å². The zero-order valence-electron chi connectivity index (χ0n) is 10.1. The first-order valence-corrected chi connectivity index (χ1v) is 6.67. The smallest absolute Gasteiger partial charge is 0.124 e. The number of aryl methyl sites for hydroxylation is 1. The Bertz CT molecular complexity index is 515. The summed E-state index contributed by atoms with van der Waals surface area (Å²) < 4.78 is 14.7. The van der Waals surface area contributed by atoms with Crippen LogP contribution in [0.25, 0.3) is 0 Å². The van der Waals surface area contributed by atoms with Gasteiger partial charge in [-0.3, -0.25) is 4.68 Å². The van der Waals surface area contributed by atoms with Crippen LogP contribution in [0.3, 0.4) is 0 Å². The maximum absolute atomic E-state index is 13.0. The van der Waals surface area contributed by atoms with Gasteiger partial charge < -0.3 is 5.11 Å². The molecule has 0 spiro atoms. The number of aliphatic hydroxyl groups excluding tert-OH is 1. The summed E-state index contributed by atoms with van der Waals surface area (Å²) in [6, 6.07) is 8.27. The van der Waals surface area contributed by atoms with Gasteiger partial charge >= 0.3 is 0 Å². The lowest BCUT2D eigenvalue weighted by molar-refractivity contribution is 0.198. The van der Waals surface area contributed by atoms with Gasteiger partial charge in [0.1, 0.15) is 5.82 Å². The van der Waals surface area contributed by atoms with E-state index in [0.29, 0.717) is 12.2 Å². The SMILES string of the molecule is Cn1ccc(CC(O)CSc2cccc(F)c2)n1. The number of rotatable bonds is 5. The Morgan fingerprint density at radius 2 is 2.28 bits per heavy atom. The molecule has 3 nitrogen and oxygen atoms in total. The van der Waals surface area contributed by atoms with Crippen LogP contribution in [0.2, 0.25) is 0 Å². The Kier molecular flexibility index (Phi) is 4.38. The molecule has 2 aromatic rings. The fraction of sp³-hybridized carbons (Fsp3) is 0.308. The zero-order valence-corrected chi connectivity index (χ0v) is 10.9. The Morgan fingerprint density at radius 1 is 1.44 bits per heavy atom. The van der Waals surface area contributed by atoms with Crippen molar-refractivity contribution < 1.29 is 9.50 Å². The van der Waals surface area contributed by atoms with Gasteiger partial charge in [0.05, 0.1) is 11.8 Å². The van der Waals surface area contributed by atoms with Gasteiger partial charge in [-0.05, 0) is 24.3 Å². The largest absolute Gasteiger partial charge is 0.392 e. The first-order valence-electron chi connectivity index (χ1n) is 5.68. The van der Waals surface area contributed by atoms with Crippen LogP contribution >= 0.6 is 11.8 Å². The molecule has 1 atom stereocenters. The molecular formula is C13H15FN2OS. The fourth-order valence-electron chi connectivity index (χ4n) is 1.62. The molecule has 1 aromatic heterocycles. The molecule has 5 heteroatoms. The highest BCUT2D eigenvalue weighted by Crippen LogP contribution is 2.20. The molecule has 0 saturated heterocycles. The van der Waals surface area contributed by atoms with Crippen LogP contribution in [-0.4, -0.2) is 26.7 Å². The molecule has 0 radical (unpaired) electrons. The number of halogens is 1. The average molecular weight is 266 g/mol. The second kappa shape index (κ2) is 6.02. The summed E-state index contributed by atoms with van der Waals surface area (Å²) in [6.07, 6.45) is 1.89. The van der Waals surface area contributed by atoms with Crippen molar-refractivity contribution in [2.45, 2.75) is 17.4 Å². The average Bonchev–Trinajstić information content (AvgIpc) is 2.72. The number of aliphatic hydroxyl groups is 1. The molecule has 0 aliphatic rings. The molecule has 1 aromatic carbocycles. The van der Waals surface area contributed by atoms with Crippen molar-refractivity contribution in [3.8, 4) is 0 Å². The van der Waals surface area contributed by atoms with Gasteiger partial charge in [0, 0.05) is 30.3 Å². The molecule has 0 aliphatic heterocycles. The van der Waals surface area contributed by atoms with Crippen molar-refractivity contribution >= 4 is 11.8 Å². The minimum Gasteiger partial charge on any atom is -0.392 e. The monoisotopic (exact) mass is 266 g/mol. The normalized spacial score (nSPS) is 12.6. The highest BCUT2D eigenvalue weighted by atomic mass is 32.2. The van der Waals surface area contributed by atoms with Crippen LogP contribution in [0.1, 0.15) is 5.69 Å².